The molecule has 1 fully saturated rings. The van der Waals surface area contributed by atoms with Gasteiger partial charge in [-0.25, -0.2) is 9.69 Å². The standard InChI is InChI=1S/C24H18N2O5/c27-19-11-9-18(10-12-19)26-23(29)21(22(28)25-24(26)30)14-17-7-4-8-20(13-17)31-15-16-5-2-1-3-6-16/h1-14,27H,15H2,(H,25,28,30)/b21-14-. The molecule has 1 heterocycles. The Labute approximate surface area is 178 Å². The summed E-state index contributed by atoms with van der Waals surface area (Å²) in [5, 5.41) is 11.6. The van der Waals surface area contributed by atoms with E-state index >= 15 is 0 Å². The van der Waals surface area contributed by atoms with E-state index in [-0.39, 0.29) is 17.0 Å². The van der Waals surface area contributed by atoms with Crippen LogP contribution >= 0.6 is 0 Å². The summed E-state index contributed by atoms with van der Waals surface area (Å²) in [6.45, 7) is 0.378. The molecule has 0 aromatic heterocycles. The zero-order valence-corrected chi connectivity index (χ0v) is 16.3. The Morgan fingerprint density at radius 1 is 0.903 bits per heavy atom. The maximum Gasteiger partial charge on any atom is 0.335 e. The van der Waals surface area contributed by atoms with Crippen LogP contribution in [-0.4, -0.2) is 23.0 Å². The molecule has 31 heavy (non-hydrogen) atoms. The van der Waals surface area contributed by atoms with Gasteiger partial charge in [0.05, 0.1) is 5.69 Å². The average molecular weight is 414 g/mol. The Morgan fingerprint density at radius 2 is 1.65 bits per heavy atom. The number of ether oxygens (including phenoxy) is 1. The maximum atomic E-state index is 12.9. The summed E-state index contributed by atoms with van der Waals surface area (Å²) in [6.07, 6.45) is 1.41. The molecule has 3 aromatic rings. The summed E-state index contributed by atoms with van der Waals surface area (Å²) < 4.78 is 5.79. The molecule has 0 radical (unpaired) electrons. The van der Waals surface area contributed by atoms with Crippen molar-refractivity contribution < 1.29 is 24.2 Å². The average Bonchev–Trinajstić information content (AvgIpc) is 2.77. The van der Waals surface area contributed by atoms with Crippen LogP contribution in [0.1, 0.15) is 11.1 Å². The minimum Gasteiger partial charge on any atom is -0.508 e. The van der Waals surface area contributed by atoms with Crippen molar-refractivity contribution in [2.24, 2.45) is 0 Å². The Balaban J connectivity index is 1.58. The van der Waals surface area contributed by atoms with Crippen molar-refractivity contribution in [2.75, 3.05) is 4.90 Å². The van der Waals surface area contributed by atoms with E-state index in [0.29, 0.717) is 17.9 Å². The zero-order chi connectivity index (χ0) is 21.8. The molecule has 4 amide bonds. The number of aromatic hydroxyl groups is 1. The van der Waals surface area contributed by atoms with E-state index in [0.717, 1.165) is 10.5 Å². The van der Waals surface area contributed by atoms with Gasteiger partial charge in [0, 0.05) is 0 Å². The molecule has 4 rings (SSSR count). The summed E-state index contributed by atoms with van der Waals surface area (Å²) in [5.74, 6) is -0.961. The first-order chi connectivity index (χ1) is 15.0. The molecule has 3 aromatic carbocycles. The highest BCUT2D eigenvalue weighted by molar-refractivity contribution is 6.39. The second-order valence-electron chi connectivity index (χ2n) is 6.82. The number of barbiturate groups is 1. The van der Waals surface area contributed by atoms with Crippen LogP contribution in [0.2, 0.25) is 0 Å². The fraction of sp³-hybridized carbons (Fsp3) is 0.0417. The predicted molar refractivity (Wildman–Crippen MR) is 114 cm³/mol. The number of phenolic OH excluding ortho intramolecular Hbond substituents is 1. The number of urea groups is 1. The number of rotatable bonds is 5. The number of carbonyl (C=O) groups excluding carboxylic acids is 3. The molecular formula is C24H18N2O5. The number of imide groups is 2. The normalized spacial score (nSPS) is 15.2. The maximum absolute atomic E-state index is 12.9. The Bertz CT molecular complexity index is 1170. The van der Waals surface area contributed by atoms with Crippen LogP contribution in [0.3, 0.4) is 0 Å². The number of amides is 4. The minimum atomic E-state index is -0.849. The van der Waals surface area contributed by atoms with Gasteiger partial charge in [-0.05, 0) is 53.6 Å². The number of nitrogens with one attached hydrogen (secondary N) is 1. The highest BCUT2D eigenvalue weighted by atomic mass is 16.5. The molecule has 1 aliphatic heterocycles. The number of hydrogen-bond donors (Lipinski definition) is 2. The fourth-order valence-corrected chi connectivity index (χ4v) is 3.10. The third kappa shape index (κ3) is 4.45. The number of anilines is 1. The van der Waals surface area contributed by atoms with Crippen LogP contribution in [0.15, 0.2) is 84.4 Å². The van der Waals surface area contributed by atoms with Crippen LogP contribution in [0.4, 0.5) is 10.5 Å². The molecule has 1 saturated heterocycles. The van der Waals surface area contributed by atoms with Crippen molar-refractivity contribution >= 4 is 29.6 Å². The molecule has 154 valence electrons. The summed E-state index contributed by atoms with van der Waals surface area (Å²) in [5.41, 5.74) is 1.63. The largest absolute Gasteiger partial charge is 0.508 e. The van der Waals surface area contributed by atoms with Gasteiger partial charge in [-0.2, -0.15) is 0 Å². The van der Waals surface area contributed by atoms with Gasteiger partial charge in [0.15, 0.2) is 0 Å². The zero-order valence-electron chi connectivity index (χ0n) is 16.3. The van der Waals surface area contributed by atoms with Crippen LogP contribution in [-0.2, 0) is 16.2 Å². The number of nitrogens with zero attached hydrogens (tertiary/aromatic N) is 1. The number of hydrogen-bond acceptors (Lipinski definition) is 5. The van der Waals surface area contributed by atoms with E-state index in [1.807, 2.05) is 30.3 Å². The summed E-state index contributed by atoms with van der Waals surface area (Å²) >= 11 is 0. The van der Waals surface area contributed by atoms with Crippen LogP contribution in [0, 0.1) is 0 Å². The lowest BCUT2D eigenvalue weighted by Crippen LogP contribution is -2.54. The van der Waals surface area contributed by atoms with Gasteiger partial charge in [0.25, 0.3) is 11.8 Å². The minimum absolute atomic E-state index is 0.00669. The van der Waals surface area contributed by atoms with Gasteiger partial charge in [-0.1, -0.05) is 42.5 Å². The monoisotopic (exact) mass is 414 g/mol. The molecule has 0 saturated carbocycles. The highest BCUT2D eigenvalue weighted by Gasteiger charge is 2.36. The van der Waals surface area contributed by atoms with Gasteiger partial charge < -0.3 is 9.84 Å². The third-order valence-electron chi connectivity index (χ3n) is 4.63. The quantitative estimate of drug-likeness (QED) is 0.491. The van der Waals surface area contributed by atoms with E-state index in [4.69, 9.17) is 4.74 Å². The topological polar surface area (TPSA) is 95.9 Å². The summed E-state index contributed by atoms with van der Waals surface area (Å²) in [6, 6.07) is 21.3. The van der Waals surface area contributed by atoms with E-state index in [2.05, 4.69) is 5.32 Å². The molecule has 2 N–H and O–H groups in total. The highest BCUT2D eigenvalue weighted by Crippen LogP contribution is 2.24. The first-order valence-corrected chi connectivity index (χ1v) is 9.48. The Hall–Kier alpha value is -4.39. The first kappa shape index (κ1) is 19.9. The molecule has 0 aliphatic carbocycles. The van der Waals surface area contributed by atoms with Gasteiger partial charge in [0.2, 0.25) is 0 Å². The molecule has 0 bridgehead atoms. The van der Waals surface area contributed by atoms with Crippen molar-refractivity contribution in [2.45, 2.75) is 6.61 Å². The van der Waals surface area contributed by atoms with E-state index < -0.39 is 17.8 Å². The van der Waals surface area contributed by atoms with Crippen molar-refractivity contribution in [3.8, 4) is 11.5 Å². The second kappa shape index (κ2) is 8.54. The SMILES string of the molecule is O=C1NC(=O)N(c2ccc(O)cc2)C(=O)/C1=C\c1cccc(OCc2ccccc2)c1. The molecule has 0 unspecified atom stereocenters. The Kier molecular flexibility index (Phi) is 5.49. The van der Waals surface area contributed by atoms with Gasteiger partial charge in [0.1, 0.15) is 23.7 Å². The molecule has 1 aliphatic rings. The molecule has 0 atom stereocenters. The number of phenols is 1. The van der Waals surface area contributed by atoms with E-state index in [1.54, 1.807) is 24.3 Å². The lowest BCUT2D eigenvalue weighted by molar-refractivity contribution is -0.122. The summed E-state index contributed by atoms with van der Waals surface area (Å²) in [7, 11) is 0. The lowest BCUT2D eigenvalue weighted by atomic mass is 10.1. The second-order valence-corrected chi connectivity index (χ2v) is 6.82. The predicted octanol–water partition coefficient (Wildman–Crippen LogP) is 3.64. The van der Waals surface area contributed by atoms with Crippen LogP contribution < -0.4 is 15.0 Å². The third-order valence-corrected chi connectivity index (χ3v) is 4.63. The number of benzene rings is 3. The Morgan fingerprint density at radius 3 is 2.39 bits per heavy atom. The molecule has 7 nitrogen and oxygen atoms in total. The van der Waals surface area contributed by atoms with Gasteiger partial charge in [-0.15, -0.1) is 0 Å². The molecular weight excluding hydrogens is 396 g/mol. The van der Waals surface area contributed by atoms with Crippen LogP contribution in [0.5, 0.6) is 11.5 Å². The van der Waals surface area contributed by atoms with Gasteiger partial charge in [-0.3, -0.25) is 14.9 Å². The van der Waals surface area contributed by atoms with E-state index in [9.17, 15) is 19.5 Å². The summed E-state index contributed by atoms with van der Waals surface area (Å²) in [4.78, 5) is 38.3. The van der Waals surface area contributed by atoms with Gasteiger partial charge >= 0.3 is 6.03 Å². The lowest BCUT2D eigenvalue weighted by Gasteiger charge is -2.26. The van der Waals surface area contributed by atoms with Crippen molar-refractivity contribution in [1.82, 2.24) is 5.32 Å². The first-order valence-electron chi connectivity index (χ1n) is 9.48. The van der Waals surface area contributed by atoms with Crippen molar-refractivity contribution in [1.29, 1.82) is 0 Å². The van der Waals surface area contributed by atoms with Crippen LogP contribution in [0.25, 0.3) is 6.08 Å². The molecule has 0 spiro atoms. The van der Waals surface area contributed by atoms with Crippen molar-refractivity contribution in [3.05, 3.63) is 95.6 Å². The van der Waals surface area contributed by atoms with E-state index in [1.165, 1.54) is 30.3 Å². The molecule has 7 heteroatoms. The fourth-order valence-electron chi connectivity index (χ4n) is 3.10. The number of carbonyl (C=O) groups is 3. The smallest absolute Gasteiger partial charge is 0.335 e. The van der Waals surface area contributed by atoms with Crippen molar-refractivity contribution in [3.63, 3.8) is 0 Å².